The van der Waals surface area contributed by atoms with Gasteiger partial charge in [0.2, 0.25) is 0 Å². The van der Waals surface area contributed by atoms with Crippen molar-refractivity contribution in [2.24, 2.45) is 0 Å². The fraction of sp³-hybridized carbons (Fsp3) is 0.286. The molecule has 0 unspecified atom stereocenters. The molecule has 1 heterocycles. The van der Waals surface area contributed by atoms with Gasteiger partial charge in [-0.1, -0.05) is 6.07 Å². The summed E-state index contributed by atoms with van der Waals surface area (Å²) < 4.78 is 38.5. The van der Waals surface area contributed by atoms with E-state index >= 15 is 0 Å². The van der Waals surface area contributed by atoms with Crippen LogP contribution < -0.4 is 5.43 Å². The maximum atomic E-state index is 12.8. The van der Waals surface area contributed by atoms with Crippen molar-refractivity contribution in [1.82, 2.24) is 5.01 Å². The molecule has 1 aromatic carbocycles. The first-order valence-electron chi connectivity index (χ1n) is 6.13. The fourth-order valence-corrected chi connectivity index (χ4v) is 1.98. The number of halogens is 3. The molecule has 0 fully saturated rings. The molecule has 0 bridgehead atoms. The van der Waals surface area contributed by atoms with E-state index in [1.807, 2.05) is 0 Å². The van der Waals surface area contributed by atoms with Gasteiger partial charge in [-0.3, -0.25) is 15.0 Å². The number of hydrazine groups is 1. The van der Waals surface area contributed by atoms with Gasteiger partial charge in [-0.15, -0.1) is 0 Å². The Kier molecular flexibility index (Phi) is 3.52. The Morgan fingerprint density at radius 2 is 1.52 bits per heavy atom. The number of carbonyl (C=O) groups is 2. The van der Waals surface area contributed by atoms with Crippen molar-refractivity contribution in [2.75, 3.05) is 5.43 Å². The maximum absolute atomic E-state index is 12.8. The van der Waals surface area contributed by atoms with Crippen LogP contribution in [0, 0.1) is 6.92 Å². The molecule has 1 aromatic rings. The first-order chi connectivity index (χ1) is 9.62. The second-order valence-corrected chi connectivity index (χ2v) is 4.83. The molecule has 2 rings (SSSR count). The van der Waals surface area contributed by atoms with Crippen molar-refractivity contribution in [3.63, 3.8) is 0 Å². The third-order valence-corrected chi connectivity index (χ3v) is 3.39. The summed E-state index contributed by atoms with van der Waals surface area (Å²) in [5.41, 5.74) is 2.26. The molecule has 2 amide bonds. The van der Waals surface area contributed by atoms with Crippen LogP contribution in [0.15, 0.2) is 29.3 Å². The van der Waals surface area contributed by atoms with Crippen LogP contribution in [0.3, 0.4) is 0 Å². The molecule has 0 saturated heterocycles. The van der Waals surface area contributed by atoms with Gasteiger partial charge in [0, 0.05) is 11.1 Å². The van der Waals surface area contributed by atoms with Crippen molar-refractivity contribution in [2.45, 2.75) is 26.9 Å². The first kappa shape index (κ1) is 15.1. The van der Waals surface area contributed by atoms with Crippen molar-refractivity contribution < 1.29 is 22.8 Å². The molecule has 0 spiro atoms. The summed E-state index contributed by atoms with van der Waals surface area (Å²) in [5.74, 6) is -1.13. The van der Waals surface area contributed by atoms with Crippen LogP contribution >= 0.6 is 0 Å². The Hall–Kier alpha value is -2.31. The molecular formula is C14H13F3N2O2. The average Bonchev–Trinajstić information content (AvgIpc) is 2.57. The molecule has 1 N–H and O–H groups in total. The summed E-state index contributed by atoms with van der Waals surface area (Å²) in [7, 11) is 0. The van der Waals surface area contributed by atoms with Gasteiger partial charge in [0.1, 0.15) is 0 Å². The molecule has 112 valence electrons. The SMILES string of the molecule is CC1=C(C)C(=O)N(Nc2ccc(C)c(C(F)(F)F)c2)C1=O. The Bertz CT molecular complexity index is 639. The highest BCUT2D eigenvalue weighted by atomic mass is 19.4. The zero-order chi connectivity index (χ0) is 15.9. The molecule has 0 saturated carbocycles. The second-order valence-electron chi connectivity index (χ2n) is 4.83. The lowest BCUT2D eigenvalue weighted by atomic mass is 10.1. The lowest BCUT2D eigenvalue weighted by Crippen LogP contribution is -2.36. The molecule has 0 aliphatic carbocycles. The predicted octanol–water partition coefficient (Wildman–Crippen LogP) is 3.05. The first-order valence-corrected chi connectivity index (χ1v) is 6.13. The Balaban J connectivity index is 2.31. The van der Waals surface area contributed by atoms with Crippen LogP contribution in [0.2, 0.25) is 0 Å². The van der Waals surface area contributed by atoms with Gasteiger partial charge in [-0.2, -0.15) is 18.2 Å². The summed E-state index contributed by atoms with van der Waals surface area (Å²) in [6.07, 6.45) is -4.50. The molecule has 21 heavy (non-hydrogen) atoms. The van der Waals surface area contributed by atoms with E-state index in [1.165, 1.54) is 32.9 Å². The number of rotatable bonds is 2. The zero-order valence-corrected chi connectivity index (χ0v) is 11.6. The molecule has 0 radical (unpaired) electrons. The van der Waals surface area contributed by atoms with Crippen molar-refractivity contribution in [3.8, 4) is 0 Å². The number of benzene rings is 1. The highest BCUT2D eigenvalue weighted by Gasteiger charge is 2.35. The summed E-state index contributed by atoms with van der Waals surface area (Å²) in [5, 5.41) is 0.718. The van der Waals surface area contributed by atoms with Gasteiger partial charge in [0.25, 0.3) is 11.8 Å². The predicted molar refractivity (Wildman–Crippen MR) is 70.0 cm³/mol. The molecule has 4 nitrogen and oxygen atoms in total. The highest BCUT2D eigenvalue weighted by molar-refractivity contribution is 6.19. The number of imide groups is 1. The van der Waals surface area contributed by atoms with Gasteiger partial charge in [-0.25, -0.2) is 0 Å². The van der Waals surface area contributed by atoms with E-state index in [-0.39, 0.29) is 22.4 Å². The summed E-state index contributed by atoms with van der Waals surface area (Å²) in [6.45, 7) is 4.33. The zero-order valence-electron chi connectivity index (χ0n) is 11.6. The number of nitrogens with one attached hydrogen (secondary N) is 1. The van der Waals surface area contributed by atoms with Crippen LogP contribution in [0.1, 0.15) is 25.0 Å². The quantitative estimate of drug-likeness (QED) is 0.854. The van der Waals surface area contributed by atoms with Crippen molar-refractivity contribution >= 4 is 17.5 Å². The van der Waals surface area contributed by atoms with Crippen LogP contribution in [0.4, 0.5) is 18.9 Å². The standard InChI is InChI=1S/C14H13F3N2O2/c1-7-4-5-10(6-11(7)14(15,16)17)18-19-12(20)8(2)9(3)13(19)21/h4-6,18H,1-3H3. The van der Waals surface area contributed by atoms with Gasteiger partial charge in [-0.05, 0) is 38.5 Å². The lowest BCUT2D eigenvalue weighted by Gasteiger charge is -2.19. The number of carbonyl (C=O) groups excluding carboxylic acids is 2. The molecular weight excluding hydrogens is 285 g/mol. The summed E-state index contributed by atoms with van der Waals surface area (Å²) >= 11 is 0. The largest absolute Gasteiger partial charge is 0.416 e. The lowest BCUT2D eigenvalue weighted by molar-refractivity contribution is -0.138. The molecule has 0 atom stereocenters. The van der Waals surface area contributed by atoms with Crippen LogP contribution in [0.5, 0.6) is 0 Å². The summed E-state index contributed by atoms with van der Waals surface area (Å²) in [6, 6.07) is 3.54. The van der Waals surface area contributed by atoms with Gasteiger partial charge < -0.3 is 0 Å². The number of nitrogens with zero attached hydrogens (tertiary/aromatic N) is 1. The van der Waals surface area contributed by atoms with Gasteiger partial charge >= 0.3 is 6.18 Å². The maximum Gasteiger partial charge on any atom is 0.416 e. The monoisotopic (exact) mass is 298 g/mol. The third kappa shape index (κ3) is 2.63. The summed E-state index contributed by atoms with van der Waals surface area (Å²) in [4.78, 5) is 23.7. The van der Waals surface area contributed by atoms with Crippen molar-refractivity contribution in [3.05, 3.63) is 40.5 Å². The van der Waals surface area contributed by atoms with E-state index in [4.69, 9.17) is 0 Å². The van der Waals surface area contributed by atoms with Crippen LogP contribution in [-0.2, 0) is 15.8 Å². The number of anilines is 1. The topological polar surface area (TPSA) is 49.4 Å². The fourth-order valence-electron chi connectivity index (χ4n) is 1.98. The minimum Gasteiger partial charge on any atom is -0.288 e. The van der Waals surface area contributed by atoms with Crippen LogP contribution in [0.25, 0.3) is 0 Å². The number of aryl methyl sites for hydroxylation is 1. The van der Waals surface area contributed by atoms with E-state index in [0.717, 1.165) is 11.1 Å². The minimum atomic E-state index is -4.50. The van der Waals surface area contributed by atoms with E-state index in [2.05, 4.69) is 5.43 Å². The number of alkyl halides is 3. The minimum absolute atomic E-state index is 0.0251. The average molecular weight is 298 g/mol. The smallest absolute Gasteiger partial charge is 0.288 e. The van der Waals surface area contributed by atoms with E-state index in [9.17, 15) is 22.8 Å². The van der Waals surface area contributed by atoms with Crippen LogP contribution in [-0.4, -0.2) is 16.8 Å². The third-order valence-electron chi connectivity index (χ3n) is 3.39. The van der Waals surface area contributed by atoms with E-state index < -0.39 is 23.6 Å². The highest BCUT2D eigenvalue weighted by Crippen LogP contribution is 2.33. The van der Waals surface area contributed by atoms with Crippen molar-refractivity contribution in [1.29, 1.82) is 0 Å². The molecule has 1 aliphatic heterocycles. The Morgan fingerprint density at radius 3 is 2.00 bits per heavy atom. The van der Waals surface area contributed by atoms with Gasteiger partial charge in [0.05, 0.1) is 11.3 Å². The molecule has 7 heteroatoms. The normalized spacial score (nSPS) is 16.0. The van der Waals surface area contributed by atoms with E-state index in [1.54, 1.807) is 0 Å². The number of hydrogen-bond acceptors (Lipinski definition) is 3. The molecule has 0 aromatic heterocycles. The second kappa shape index (κ2) is 4.91. The number of hydrogen-bond donors (Lipinski definition) is 1. The Morgan fingerprint density at radius 1 is 1.00 bits per heavy atom. The van der Waals surface area contributed by atoms with E-state index in [0.29, 0.717) is 0 Å². The Labute approximate surface area is 119 Å². The molecule has 1 aliphatic rings. The number of amides is 2. The van der Waals surface area contributed by atoms with Gasteiger partial charge in [0.15, 0.2) is 0 Å².